The fraction of sp³-hybridized carbons (Fsp3) is 0.500. The van der Waals surface area contributed by atoms with E-state index in [1.54, 1.807) is 0 Å². The van der Waals surface area contributed by atoms with Crippen LogP contribution in [0.15, 0.2) is 12.2 Å². The molecule has 120 valence electrons. The van der Waals surface area contributed by atoms with Crippen LogP contribution >= 0.6 is 0 Å². The minimum Gasteiger partial charge on any atom is -0.459 e. The molecular formula is C12H12O10. The zero-order valence-corrected chi connectivity index (χ0v) is 11.2. The molecule has 0 aliphatic carbocycles. The van der Waals surface area contributed by atoms with Gasteiger partial charge in [-0.3, -0.25) is 0 Å². The summed E-state index contributed by atoms with van der Waals surface area (Å²) in [4.78, 5) is 44.0. The fourth-order valence-corrected chi connectivity index (χ4v) is 1.47. The molecule has 0 aromatic carbocycles. The van der Waals surface area contributed by atoms with Crippen molar-refractivity contribution in [1.29, 1.82) is 0 Å². The molecule has 10 heteroatoms. The summed E-state index contributed by atoms with van der Waals surface area (Å²) in [6.45, 7) is -0.541. The van der Waals surface area contributed by atoms with Gasteiger partial charge in [0.05, 0.1) is 0 Å². The van der Waals surface area contributed by atoms with Crippen molar-refractivity contribution in [2.75, 3.05) is 26.4 Å². The Labute approximate surface area is 123 Å². The van der Waals surface area contributed by atoms with E-state index in [2.05, 4.69) is 18.9 Å². The van der Waals surface area contributed by atoms with E-state index in [0.29, 0.717) is 0 Å². The van der Waals surface area contributed by atoms with Crippen LogP contribution in [-0.4, -0.2) is 62.9 Å². The average molecular weight is 316 g/mol. The summed E-state index contributed by atoms with van der Waals surface area (Å²) in [6, 6.07) is 0. The predicted molar refractivity (Wildman–Crippen MR) is 63.5 cm³/mol. The van der Waals surface area contributed by atoms with Crippen molar-refractivity contribution in [1.82, 2.24) is 0 Å². The highest BCUT2D eigenvalue weighted by Gasteiger charge is 2.33. The smallest absolute Gasteiger partial charge is 0.459 e. The topological polar surface area (TPSA) is 124 Å². The molecule has 2 atom stereocenters. The van der Waals surface area contributed by atoms with E-state index in [0.717, 1.165) is 0 Å². The van der Waals surface area contributed by atoms with Gasteiger partial charge in [-0.15, -0.1) is 0 Å². The SMILES string of the molecule is O=C1OCC(C(=O)OCC=CCOC(=O)C2COC(=O)O2)O1. The normalized spacial score (nSPS) is 23.5. The molecule has 0 aromatic rings. The molecule has 0 spiro atoms. The lowest BCUT2D eigenvalue weighted by atomic mass is 10.4. The van der Waals surface area contributed by atoms with Gasteiger partial charge in [0.25, 0.3) is 0 Å². The summed E-state index contributed by atoms with van der Waals surface area (Å²) in [5.41, 5.74) is 0. The Bertz CT molecular complexity index is 452. The van der Waals surface area contributed by atoms with Crippen LogP contribution in [0.2, 0.25) is 0 Å². The van der Waals surface area contributed by atoms with Crippen molar-refractivity contribution < 1.29 is 47.6 Å². The molecule has 2 fully saturated rings. The fourth-order valence-electron chi connectivity index (χ4n) is 1.47. The number of carbonyl (C=O) groups is 4. The Balaban J connectivity index is 1.56. The van der Waals surface area contributed by atoms with Crippen LogP contribution in [-0.2, 0) is 38.0 Å². The van der Waals surface area contributed by atoms with Gasteiger partial charge in [-0.1, -0.05) is 0 Å². The van der Waals surface area contributed by atoms with Crippen LogP contribution in [0.1, 0.15) is 0 Å². The number of hydrogen-bond donors (Lipinski definition) is 0. The highest BCUT2D eigenvalue weighted by molar-refractivity contribution is 5.80. The minimum absolute atomic E-state index is 0.0913. The van der Waals surface area contributed by atoms with Crippen LogP contribution < -0.4 is 0 Å². The number of hydrogen-bond acceptors (Lipinski definition) is 10. The van der Waals surface area contributed by atoms with Gasteiger partial charge in [0.1, 0.15) is 26.4 Å². The van der Waals surface area contributed by atoms with E-state index in [1.165, 1.54) is 12.2 Å². The second kappa shape index (κ2) is 7.29. The number of cyclic esters (lactones) is 4. The van der Waals surface area contributed by atoms with Crippen molar-refractivity contribution in [2.24, 2.45) is 0 Å². The molecule has 2 aliphatic heterocycles. The summed E-state index contributed by atoms with van der Waals surface area (Å²) < 4.78 is 27.5. The highest BCUT2D eigenvalue weighted by Crippen LogP contribution is 2.08. The second-order valence-electron chi connectivity index (χ2n) is 4.07. The van der Waals surface area contributed by atoms with E-state index in [9.17, 15) is 19.2 Å². The number of rotatable bonds is 6. The van der Waals surface area contributed by atoms with Crippen LogP contribution in [0, 0.1) is 0 Å². The first-order valence-electron chi connectivity index (χ1n) is 6.21. The zero-order valence-electron chi connectivity index (χ0n) is 11.2. The Morgan fingerprint density at radius 1 is 0.909 bits per heavy atom. The van der Waals surface area contributed by atoms with Crippen molar-refractivity contribution in [3.63, 3.8) is 0 Å². The highest BCUT2D eigenvalue weighted by atomic mass is 16.8. The predicted octanol–water partition coefficient (Wildman–Crippen LogP) is -0.300. The molecule has 2 rings (SSSR count). The van der Waals surface area contributed by atoms with Gasteiger partial charge in [-0.25, -0.2) is 19.2 Å². The maximum absolute atomic E-state index is 11.4. The third-order valence-corrected chi connectivity index (χ3v) is 2.52. The van der Waals surface area contributed by atoms with Gasteiger partial charge in [0.2, 0.25) is 12.2 Å². The first-order chi connectivity index (χ1) is 10.6. The van der Waals surface area contributed by atoms with Crippen LogP contribution in [0.5, 0.6) is 0 Å². The third kappa shape index (κ3) is 4.36. The first kappa shape index (κ1) is 15.6. The van der Waals surface area contributed by atoms with Crippen LogP contribution in [0.4, 0.5) is 9.59 Å². The quantitative estimate of drug-likeness (QED) is 0.366. The minimum atomic E-state index is -1.06. The molecule has 0 bridgehead atoms. The molecular weight excluding hydrogens is 304 g/mol. The molecule has 0 N–H and O–H groups in total. The Kier molecular flexibility index (Phi) is 5.17. The summed E-state index contributed by atoms with van der Waals surface area (Å²) in [7, 11) is 0. The van der Waals surface area contributed by atoms with Gasteiger partial charge < -0.3 is 28.4 Å². The zero-order chi connectivity index (χ0) is 15.9. The lowest BCUT2D eigenvalue weighted by molar-refractivity contribution is -0.151. The largest absolute Gasteiger partial charge is 0.509 e. The van der Waals surface area contributed by atoms with E-state index < -0.39 is 36.5 Å². The maximum Gasteiger partial charge on any atom is 0.509 e. The van der Waals surface area contributed by atoms with Gasteiger partial charge in [-0.2, -0.15) is 0 Å². The van der Waals surface area contributed by atoms with E-state index in [1.807, 2.05) is 0 Å². The summed E-state index contributed by atoms with van der Waals surface area (Å²) >= 11 is 0. The lowest BCUT2D eigenvalue weighted by Gasteiger charge is -2.06. The van der Waals surface area contributed by atoms with Crippen LogP contribution in [0.25, 0.3) is 0 Å². The van der Waals surface area contributed by atoms with E-state index in [4.69, 9.17) is 9.47 Å². The van der Waals surface area contributed by atoms with Gasteiger partial charge in [0.15, 0.2) is 0 Å². The van der Waals surface area contributed by atoms with Gasteiger partial charge >= 0.3 is 24.2 Å². The van der Waals surface area contributed by atoms with Gasteiger partial charge in [0, 0.05) is 0 Å². The van der Waals surface area contributed by atoms with Crippen molar-refractivity contribution in [3.8, 4) is 0 Å². The summed E-state index contributed by atoms with van der Waals surface area (Å²) in [5.74, 6) is -1.47. The third-order valence-electron chi connectivity index (χ3n) is 2.52. The standard InChI is InChI=1S/C12H12O10/c13-9(7-5-19-11(15)21-7)17-3-1-2-4-18-10(14)8-6-20-12(16)22-8/h1-2,7-8H,3-6H2. The molecule has 0 amide bonds. The lowest BCUT2D eigenvalue weighted by Crippen LogP contribution is -2.26. The Morgan fingerprint density at radius 3 is 1.64 bits per heavy atom. The molecule has 2 aliphatic rings. The Hall–Kier alpha value is -2.78. The maximum atomic E-state index is 11.4. The molecule has 2 heterocycles. The monoisotopic (exact) mass is 316 g/mol. The molecule has 0 aromatic heterocycles. The van der Waals surface area contributed by atoms with E-state index in [-0.39, 0.29) is 26.4 Å². The van der Waals surface area contributed by atoms with Crippen molar-refractivity contribution in [2.45, 2.75) is 12.2 Å². The molecule has 22 heavy (non-hydrogen) atoms. The summed E-state index contributed by atoms with van der Waals surface area (Å²) in [6.07, 6.45) is -1.09. The van der Waals surface area contributed by atoms with E-state index >= 15 is 0 Å². The number of carbonyl (C=O) groups excluding carboxylic acids is 4. The second-order valence-corrected chi connectivity index (χ2v) is 4.07. The number of ether oxygens (including phenoxy) is 6. The number of esters is 2. The Morgan fingerprint density at radius 2 is 1.32 bits per heavy atom. The molecule has 2 unspecified atom stereocenters. The van der Waals surface area contributed by atoms with Crippen molar-refractivity contribution in [3.05, 3.63) is 12.2 Å². The molecule has 10 nitrogen and oxygen atoms in total. The summed E-state index contributed by atoms with van der Waals surface area (Å²) in [5, 5.41) is 0. The molecule has 0 radical (unpaired) electrons. The average Bonchev–Trinajstić information content (AvgIpc) is 3.11. The van der Waals surface area contributed by atoms with Crippen molar-refractivity contribution >= 4 is 24.2 Å². The molecule has 0 saturated carbocycles. The first-order valence-corrected chi connectivity index (χ1v) is 6.21. The van der Waals surface area contributed by atoms with Gasteiger partial charge in [-0.05, 0) is 12.2 Å². The molecule has 2 saturated heterocycles. The van der Waals surface area contributed by atoms with Crippen LogP contribution in [0.3, 0.4) is 0 Å².